The Morgan fingerprint density at radius 2 is 1.95 bits per heavy atom. The molecule has 0 N–H and O–H groups in total. The molecule has 1 fully saturated rings. The summed E-state index contributed by atoms with van der Waals surface area (Å²) in [5.41, 5.74) is 1.80. The van der Waals surface area contributed by atoms with Crippen molar-refractivity contribution in [2.45, 2.75) is 25.3 Å². The van der Waals surface area contributed by atoms with Gasteiger partial charge < -0.3 is 9.30 Å². The fraction of sp³-hybridized carbons (Fsp3) is 0.278. The van der Waals surface area contributed by atoms with Crippen LogP contribution in [0, 0.1) is 0 Å². The van der Waals surface area contributed by atoms with E-state index in [-0.39, 0.29) is 5.43 Å². The maximum atomic E-state index is 12.7. The van der Waals surface area contributed by atoms with Gasteiger partial charge in [0.15, 0.2) is 0 Å². The van der Waals surface area contributed by atoms with Gasteiger partial charge in [-0.05, 0) is 31.4 Å². The van der Waals surface area contributed by atoms with Crippen molar-refractivity contribution in [2.75, 3.05) is 7.11 Å². The first-order valence-corrected chi connectivity index (χ1v) is 7.89. The molecule has 0 saturated heterocycles. The lowest BCUT2D eigenvalue weighted by atomic mass is 9.92. The van der Waals surface area contributed by atoms with Gasteiger partial charge in [0.1, 0.15) is 5.75 Å². The first-order valence-electron chi connectivity index (χ1n) is 7.51. The van der Waals surface area contributed by atoms with Gasteiger partial charge in [0, 0.05) is 28.4 Å². The topological polar surface area (TPSA) is 31.2 Å². The monoisotopic (exact) mass is 313 g/mol. The zero-order chi connectivity index (χ0) is 15.3. The highest BCUT2D eigenvalue weighted by molar-refractivity contribution is 6.32. The molecule has 22 heavy (non-hydrogen) atoms. The van der Waals surface area contributed by atoms with Gasteiger partial charge in [-0.3, -0.25) is 4.79 Å². The average molecular weight is 314 g/mol. The molecule has 0 unspecified atom stereocenters. The van der Waals surface area contributed by atoms with Gasteiger partial charge in [-0.2, -0.15) is 0 Å². The van der Waals surface area contributed by atoms with Crippen LogP contribution in [0.2, 0.25) is 5.02 Å². The minimum atomic E-state index is -0.0496. The number of hydrogen-bond donors (Lipinski definition) is 0. The molecule has 2 aromatic carbocycles. The van der Waals surface area contributed by atoms with Crippen LogP contribution in [0.3, 0.4) is 0 Å². The van der Waals surface area contributed by atoms with Crippen LogP contribution in [-0.2, 0) is 0 Å². The Bertz CT molecular complexity index is 941. The van der Waals surface area contributed by atoms with Crippen LogP contribution >= 0.6 is 11.6 Å². The predicted molar refractivity (Wildman–Crippen MR) is 90.2 cm³/mol. The third kappa shape index (κ3) is 1.85. The van der Waals surface area contributed by atoms with E-state index in [1.807, 2.05) is 18.2 Å². The molecule has 0 radical (unpaired) electrons. The second-order valence-corrected chi connectivity index (χ2v) is 6.21. The van der Waals surface area contributed by atoms with Crippen LogP contribution in [0.5, 0.6) is 5.75 Å². The molecule has 3 aromatic rings. The van der Waals surface area contributed by atoms with E-state index in [1.54, 1.807) is 7.11 Å². The minimum absolute atomic E-state index is 0.0496. The molecule has 0 bridgehead atoms. The molecular formula is C18H16ClNO2. The maximum absolute atomic E-state index is 12.7. The van der Waals surface area contributed by atoms with Crippen molar-refractivity contribution in [3.05, 3.63) is 51.6 Å². The minimum Gasteiger partial charge on any atom is -0.495 e. The van der Waals surface area contributed by atoms with Crippen molar-refractivity contribution in [3.63, 3.8) is 0 Å². The number of benzene rings is 1. The molecule has 1 saturated carbocycles. The average Bonchev–Trinajstić information content (AvgIpc) is 2.70. The van der Waals surface area contributed by atoms with E-state index in [9.17, 15) is 4.79 Å². The number of rotatable bonds is 2. The van der Waals surface area contributed by atoms with Gasteiger partial charge >= 0.3 is 0 Å². The molecule has 1 heterocycles. The van der Waals surface area contributed by atoms with Crippen molar-refractivity contribution in [2.24, 2.45) is 0 Å². The Morgan fingerprint density at radius 1 is 1.18 bits per heavy atom. The molecule has 3 nitrogen and oxygen atoms in total. The number of para-hydroxylation sites is 1. The van der Waals surface area contributed by atoms with E-state index in [1.165, 1.54) is 12.5 Å². The van der Waals surface area contributed by atoms with Crippen LogP contribution in [-0.4, -0.2) is 11.7 Å². The molecule has 112 valence electrons. The third-order valence-corrected chi connectivity index (χ3v) is 4.91. The molecule has 1 aromatic heterocycles. The molecule has 0 amide bonds. The van der Waals surface area contributed by atoms with E-state index in [0.717, 1.165) is 34.6 Å². The Morgan fingerprint density at radius 3 is 2.64 bits per heavy atom. The predicted octanol–water partition coefficient (Wildman–Crippen LogP) is 4.54. The molecular weight excluding hydrogens is 298 g/mol. The number of methoxy groups -OCH3 is 1. The van der Waals surface area contributed by atoms with Crippen molar-refractivity contribution in [3.8, 4) is 5.75 Å². The largest absolute Gasteiger partial charge is 0.495 e. The van der Waals surface area contributed by atoms with Gasteiger partial charge in [0.05, 0.1) is 17.6 Å². The molecule has 0 atom stereocenters. The summed E-state index contributed by atoms with van der Waals surface area (Å²) in [6.45, 7) is 0. The lowest BCUT2D eigenvalue weighted by Crippen LogP contribution is -2.19. The number of nitrogens with zero attached hydrogens (tertiary/aromatic N) is 1. The summed E-state index contributed by atoms with van der Waals surface area (Å²) in [7, 11) is 1.57. The summed E-state index contributed by atoms with van der Waals surface area (Å²) in [5.74, 6) is 0.533. The van der Waals surface area contributed by atoms with Crippen molar-refractivity contribution in [1.29, 1.82) is 0 Å². The summed E-state index contributed by atoms with van der Waals surface area (Å²) in [4.78, 5) is 12.7. The lowest BCUT2D eigenvalue weighted by molar-refractivity contribution is 0.328. The second-order valence-electron chi connectivity index (χ2n) is 5.80. The second kappa shape index (κ2) is 5.03. The Balaban J connectivity index is 2.24. The van der Waals surface area contributed by atoms with Crippen LogP contribution in [0.15, 0.2) is 41.2 Å². The Kier molecular flexibility index (Phi) is 3.12. The zero-order valence-electron chi connectivity index (χ0n) is 12.3. The molecule has 4 heteroatoms. The first kappa shape index (κ1) is 13.6. The van der Waals surface area contributed by atoms with Crippen LogP contribution in [0.25, 0.3) is 21.8 Å². The van der Waals surface area contributed by atoms with E-state index < -0.39 is 0 Å². The zero-order valence-corrected chi connectivity index (χ0v) is 13.1. The van der Waals surface area contributed by atoms with Crippen LogP contribution in [0.1, 0.15) is 25.3 Å². The summed E-state index contributed by atoms with van der Waals surface area (Å²) >= 11 is 6.20. The molecule has 1 aliphatic rings. The van der Waals surface area contributed by atoms with Gasteiger partial charge in [-0.15, -0.1) is 0 Å². The van der Waals surface area contributed by atoms with Gasteiger partial charge in [-0.25, -0.2) is 0 Å². The fourth-order valence-electron chi connectivity index (χ4n) is 3.32. The van der Waals surface area contributed by atoms with Gasteiger partial charge in [-0.1, -0.05) is 29.8 Å². The smallest absolute Gasteiger partial charge is 0.204 e. The van der Waals surface area contributed by atoms with E-state index in [4.69, 9.17) is 16.3 Å². The Hall–Kier alpha value is -2.00. The third-order valence-electron chi connectivity index (χ3n) is 4.61. The molecule has 4 rings (SSSR count). The van der Waals surface area contributed by atoms with Crippen LogP contribution < -0.4 is 10.2 Å². The first-order chi connectivity index (χ1) is 10.7. The van der Waals surface area contributed by atoms with E-state index >= 15 is 0 Å². The van der Waals surface area contributed by atoms with Crippen molar-refractivity contribution in [1.82, 2.24) is 4.57 Å². The molecule has 0 spiro atoms. The number of fused-ring (bicyclic) bond motifs is 3. The fourth-order valence-corrected chi connectivity index (χ4v) is 3.55. The summed E-state index contributed by atoms with van der Waals surface area (Å²) in [6, 6.07) is 11.9. The van der Waals surface area contributed by atoms with Gasteiger partial charge in [0.2, 0.25) is 5.43 Å². The number of aromatic nitrogens is 1. The lowest BCUT2D eigenvalue weighted by Gasteiger charge is -2.28. The van der Waals surface area contributed by atoms with Crippen molar-refractivity contribution < 1.29 is 4.74 Å². The highest BCUT2D eigenvalue weighted by Gasteiger charge is 2.25. The normalized spacial score (nSPS) is 15.2. The Labute approximate surface area is 133 Å². The standard InChI is InChI=1S/C18H16ClNO2/c1-22-17-9-13-12-7-2-3-8-15(12)20(11-5-4-6-11)18(13)16(21)10-14(17)19/h2-3,7-11H,4-6H2,1H3. The highest BCUT2D eigenvalue weighted by atomic mass is 35.5. The number of hydrogen-bond acceptors (Lipinski definition) is 2. The SMILES string of the molecule is COc1cc2c3ccccc3n(C3CCC3)c2c(=O)cc1Cl. The summed E-state index contributed by atoms with van der Waals surface area (Å²) in [6.07, 6.45) is 3.46. The number of ether oxygens (including phenoxy) is 1. The van der Waals surface area contributed by atoms with Crippen LogP contribution in [0.4, 0.5) is 0 Å². The maximum Gasteiger partial charge on any atom is 0.204 e. The summed E-state index contributed by atoms with van der Waals surface area (Å²) < 4.78 is 7.55. The van der Waals surface area contributed by atoms with Crippen molar-refractivity contribution >= 4 is 33.4 Å². The quantitative estimate of drug-likeness (QED) is 0.695. The molecule has 1 aliphatic carbocycles. The highest BCUT2D eigenvalue weighted by Crippen LogP contribution is 2.39. The van der Waals surface area contributed by atoms with E-state index in [2.05, 4.69) is 16.7 Å². The summed E-state index contributed by atoms with van der Waals surface area (Å²) in [5, 5.41) is 2.34. The number of halogens is 1. The van der Waals surface area contributed by atoms with E-state index in [0.29, 0.717) is 16.8 Å². The van der Waals surface area contributed by atoms with Gasteiger partial charge in [0.25, 0.3) is 0 Å². The molecule has 0 aliphatic heterocycles.